The summed E-state index contributed by atoms with van der Waals surface area (Å²) in [6.07, 6.45) is 2.25. The van der Waals surface area contributed by atoms with Crippen LogP contribution in [-0.2, 0) is 6.42 Å². The van der Waals surface area contributed by atoms with Gasteiger partial charge in [0, 0.05) is 38.8 Å². The van der Waals surface area contributed by atoms with E-state index in [0.29, 0.717) is 12.0 Å². The van der Waals surface area contributed by atoms with Crippen molar-refractivity contribution in [3.8, 4) is 6.07 Å². The maximum Gasteiger partial charge on any atom is 0.154 e. The normalized spacial score (nSPS) is 13.9. The van der Waals surface area contributed by atoms with Gasteiger partial charge in [-0.1, -0.05) is 12.1 Å². The lowest BCUT2D eigenvalue weighted by Gasteiger charge is -2.36. The van der Waals surface area contributed by atoms with Gasteiger partial charge in [0.25, 0.3) is 0 Å². The first-order valence-corrected chi connectivity index (χ1v) is 9.98. The Morgan fingerprint density at radius 1 is 0.933 bits per heavy atom. The summed E-state index contributed by atoms with van der Waals surface area (Å²) in [4.78, 5) is 8.87. The minimum absolute atomic E-state index is 0.233. The summed E-state index contributed by atoms with van der Waals surface area (Å²) in [5, 5.41) is 17.9. The molecule has 3 heterocycles. The van der Waals surface area contributed by atoms with Gasteiger partial charge in [0.2, 0.25) is 0 Å². The van der Waals surface area contributed by atoms with Crippen LogP contribution < -0.4 is 9.80 Å². The Hall–Kier alpha value is -3.53. The zero-order chi connectivity index (χ0) is 21.1. The van der Waals surface area contributed by atoms with E-state index in [1.807, 2.05) is 6.07 Å². The van der Waals surface area contributed by atoms with Crippen LogP contribution in [-0.4, -0.2) is 41.4 Å². The smallest absolute Gasteiger partial charge is 0.154 e. The highest BCUT2D eigenvalue weighted by Crippen LogP contribution is 2.25. The zero-order valence-electron chi connectivity index (χ0n) is 17.1. The van der Waals surface area contributed by atoms with Crippen molar-refractivity contribution in [1.29, 1.82) is 5.26 Å². The number of piperazine rings is 1. The third-order valence-corrected chi connectivity index (χ3v) is 5.66. The molecule has 4 rings (SSSR count). The molecule has 0 N–H and O–H groups in total. The summed E-state index contributed by atoms with van der Waals surface area (Å²) in [5.74, 6) is 1.58. The van der Waals surface area contributed by atoms with Gasteiger partial charge in [-0.25, -0.2) is 9.37 Å². The van der Waals surface area contributed by atoms with Crippen LogP contribution >= 0.6 is 0 Å². The largest absolute Gasteiger partial charge is 0.353 e. The first-order valence-electron chi connectivity index (χ1n) is 9.98. The molecule has 6 nitrogen and oxygen atoms in total. The lowest BCUT2D eigenvalue weighted by Crippen LogP contribution is -2.47. The molecule has 0 spiro atoms. The molecule has 0 saturated carbocycles. The molecule has 3 aromatic rings. The van der Waals surface area contributed by atoms with Gasteiger partial charge in [-0.05, 0) is 54.8 Å². The van der Waals surface area contributed by atoms with E-state index >= 15 is 0 Å². The van der Waals surface area contributed by atoms with Gasteiger partial charge in [0.15, 0.2) is 5.82 Å². The second-order valence-electron chi connectivity index (χ2n) is 7.51. The summed E-state index contributed by atoms with van der Waals surface area (Å²) >= 11 is 0. The number of nitriles is 1. The second-order valence-corrected chi connectivity index (χ2v) is 7.51. The lowest BCUT2D eigenvalue weighted by molar-refractivity contribution is 0.627. The highest BCUT2D eigenvalue weighted by molar-refractivity contribution is 5.52. The molecule has 7 heteroatoms. The van der Waals surface area contributed by atoms with Gasteiger partial charge < -0.3 is 9.80 Å². The molecule has 1 aliphatic rings. The Balaban J connectivity index is 1.45. The van der Waals surface area contributed by atoms with Gasteiger partial charge in [-0.2, -0.15) is 10.4 Å². The average molecular weight is 402 g/mol. The highest BCUT2D eigenvalue weighted by atomic mass is 19.1. The molecular weight excluding hydrogens is 379 g/mol. The van der Waals surface area contributed by atoms with E-state index < -0.39 is 0 Å². The quantitative estimate of drug-likeness (QED) is 0.666. The van der Waals surface area contributed by atoms with Gasteiger partial charge in [-0.3, -0.25) is 0 Å². The monoisotopic (exact) mass is 402 g/mol. The first kappa shape index (κ1) is 19.8. The SMILES string of the molecule is Cc1c(Cc2ccc(F)cc2)nnc(N2CCN(c3ccc(C#N)cn3)CC2)c1C. The van der Waals surface area contributed by atoms with E-state index in [1.54, 1.807) is 24.4 Å². The summed E-state index contributed by atoms with van der Waals surface area (Å²) in [6, 6.07) is 12.3. The number of rotatable bonds is 4. The molecule has 152 valence electrons. The number of anilines is 2. The van der Waals surface area contributed by atoms with Crippen molar-refractivity contribution >= 4 is 11.6 Å². The molecule has 2 aromatic heterocycles. The van der Waals surface area contributed by atoms with Crippen molar-refractivity contribution in [2.24, 2.45) is 0 Å². The summed E-state index contributed by atoms with van der Waals surface area (Å²) in [6.45, 7) is 7.47. The fraction of sp³-hybridized carbons (Fsp3) is 0.304. The third-order valence-electron chi connectivity index (χ3n) is 5.66. The fourth-order valence-electron chi connectivity index (χ4n) is 3.69. The molecule has 0 bridgehead atoms. The first-order chi connectivity index (χ1) is 14.5. The Morgan fingerprint density at radius 2 is 1.63 bits per heavy atom. The minimum atomic E-state index is -0.233. The van der Waals surface area contributed by atoms with Crippen LogP contribution in [0.5, 0.6) is 0 Å². The van der Waals surface area contributed by atoms with Crippen molar-refractivity contribution in [2.75, 3.05) is 36.0 Å². The van der Waals surface area contributed by atoms with E-state index in [1.165, 1.54) is 12.1 Å². The number of hydrogen-bond donors (Lipinski definition) is 0. The van der Waals surface area contributed by atoms with E-state index in [-0.39, 0.29) is 5.82 Å². The third kappa shape index (κ3) is 4.08. The summed E-state index contributed by atoms with van der Waals surface area (Å²) in [7, 11) is 0. The maximum atomic E-state index is 13.1. The second kappa shape index (κ2) is 8.46. The van der Waals surface area contributed by atoms with Crippen LogP contribution in [0.4, 0.5) is 16.0 Å². The number of aromatic nitrogens is 3. The standard InChI is InChI=1S/C23H23FN6/c1-16-17(2)23(28-27-21(16)13-18-3-6-20(24)7-4-18)30-11-9-29(10-12-30)22-8-5-19(14-25)15-26-22/h3-8,15H,9-13H2,1-2H3. The molecular formula is C23H23FN6. The number of halogens is 1. The Morgan fingerprint density at radius 3 is 2.27 bits per heavy atom. The van der Waals surface area contributed by atoms with Crippen LogP contribution in [0.15, 0.2) is 42.6 Å². The predicted octanol–water partition coefficient (Wildman–Crippen LogP) is 3.42. The molecule has 1 aromatic carbocycles. The minimum Gasteiger partial charge on any atom is -0.353 e. The topological polar surface area (TPSA) is 68.9 Å². The van der Waals surface area contributed by atoms with Gasteiger partial charge in [0.05, 0.1) is 11.3 Å². The lowest BCUT2D eigenvalue weighted by atomic mass is 10.0. The molecule has 1 fully saturated rings. The van der Waals surface area contributed by atoms with Crippen LogP contribution in [0.25, 0.3) is 0 Å². The Kier molecular flexibility index (Phi) is 5.57. The molecule has 0 amide bonds. The summed E-state index contributed by atoms with van der Waals surface area (Å²) < 4.78 is 13.1. The van der Waals surface area contributed by atoms with Crippen molar-refractivity contribution in [1.82, 2.24) is 15.2 Å². The van der Waals surface area contributed by atoms with Crippen molar-refractivity contribution < 1.29 is 4.39 Å². The van der Waals surface area contributed by atoms with Crippen LogP contribution in [0.1, 0.15) is 27.9 Å². The molecule has 0 atom stereocenters. The van der Waals surface area contributed by atoms with Gasteiger partial charge in [-0.15, -0.1) is 5.10 Å². The van der Waals surface area contributed by atoms with Crippen molar-refractivity contribution in [3.05, 3.63) is 76.4 Å². The highest BCUT2D eigenvalue weighted by Gasteiger charge is 2.22. The van der Waals surface area contributed by atoms with E-state index in [0.717, 1.165) is 60.2 Å². The fourth-order valence-corrected chi connectivity index (χ4v) is 3.69. The molecule has 0 radical (unpaired) electrons. The van der Waals surface area contributed by atoms with E-state index in [2.05, 4.69) is 44.9 Å². The Bertz CT molecular complexity index is 1060. The van der Waals surface area contributed by atoms with E-state index in [4.69, 9.17) is 5.26 Å². The predicted molar refractivity (Wildman–Crippen MR) is 114 cm³/mol. The average Bonchev–Trinajstić information content (AvgIpc) is 2.79. The summed E-state index contributed by atoms with van der Waals surface area (Å²) in [5.41, 5.74) is 4.76. The molecule has 30 heavy (non-hydrogen) atoms. The van der Waals surface area contributed by atoms with Crippen molar-refractivity contribution in [3.63, 3.8) is 0 Å². The van der Waals surface area contributed by atoms with Crippen molar-refractivity contribution in [2.45, 2.75) is 20.3 Å². The van der Waals surface area contributed by atoms with Crippen LogP contribution in [0, 0.1) is 31.0 Å². The molecule has 0 aliphatic carbocycles. The zero-order valence-corrected chi connectivity index (χ0v) is 17.1. The molecule has 0 unspecified atom stereocenters. The number of nitrogens with zero attached hydrogens (tertiary/aromatic N) is 6. The molecule has 1 saturated heterocycles. The van der Waals surface area contributed by atoms with Gasteiger partial charge >= 0.3 is 0 Å². The van der Waals surface area contributed by atoms with Gasteiger partial charge in [0.1, 0.15) is 17.7 Å². The number of benzene rings is 1. The number of hydrogen-bond acceptors (Lipinski definition) is 6. The Labute approximate surface area is 175 Å². The molecule has 1 aliphatic heterocycles. The maximum absolute atomic E-state index is 13.1. The van der Waals surface area contributed by atoms with E-state index in [9.17, 15) is 4.39 Å². The van der Waals surface area contributed by atoms with Crippen LogP contribution in [0.3, 0.4) is 0 Å². The van der Waals surface area contributed by atoms with Crippen LogP contribution in [0.2, 0.25) is 0 Å². The number of pyridine rings is 1.